The van der Waals surface area contributed by atoms with Gasteiger partial charge in [-0.25, -0.2) is 0 Å². The number of aliphatic imine (C=N–C) groups is 1. The minimum absolute atomic E-state index is 0.817. The van der Waals surface area contributed by atoms with E-state index >= 15 is 0 Å². The van der Waals surface area contributed by atoms with E-state index in [2.05, 4.69) is 10.1 Å². The number of hydrogen-bond acceptors (Lipinski definition) is 3. The maximum atomic E-state index is 5.05. The van der Waals surface area contributed by atoms with Gasteiger partial charge in [-0.3, -0.25) is 4.99 Å². The van der Waals surface area contributed by atoms with E-state index in [-0.39, 0.29) is 0 Å². The number of aromatic nitrogens is 1. The highest BCUT2D eigenvalue weighted by Gasteiger charge is 2.09. The SMILES string of the molecule is Cc1noc2c1CC=NC=C2. The van der Waals surface area contributed by atoms with E-state index in [4.69, 9.17) is 4.52 Å². The average molecular weight is 148 g/mol. The molecule has 0 atom stereocenters. The summed E-state index contributed by atoms with van der Waals surface area (Å²) in [4.78, 5) is 4.01. The molecule has 2 heterocycles. The lowest BCUT2D eigenvalue weighted by atomic mass is 10.1. The summed E-state index contributed by atoms with van der Waals surface area (Å²) in [6.45, 7) is 1.94. The Bertz CT molecular complexity index is 323. The molecule has 0 amide bonds. The number of hydrogen-bond donors (Lipinski definition) is 0. The van der Waals surface area contributed by atoms with Crippen LogP contribution in [0.1, 0.15) is 17.0 Å². The first kappa shape index (κ1) is 6.34. The molecule has 1 aliphatic heterocycles. The molecule has 1 aromatic heterocycles. The number of rotatable bonds is 0. The fraction of sp³-hybridized carbons (Fsp3) is 0.250. The minimum atomic E-state index is 0.817. The van der Waals surface area contributed by atoms with Gasteiger partial charge in [0, 0.05) is 30.5 Å². The highest BCUT2D eigenvalue weighted by atomic mass is 16.5. The van der Waals surface area contributed by atoms with Crippen molar-refractivity contribution < 1.29 is 4.52 Å². The Morgan fingerprint density at radius 3 is 3.36 bits per heavy atom. The molecule has 56 valence electrons. The van der Waals surface area contributed by atoms with E-state index in [0.717, 1.165) is 23.4 Å². The van der Waals surface area contributed by atoms with Crippen molar-refractivity contribution in [3.8, 4) is 0 Å². The summed E-state index contributed by atoms with van der Waals surface area (Å²) in [7, 11) is 0. The van der Waals surface area contributed by atoms with Gasteiger partial charge in [-0.2, -0.15) is 0 Å². The number of nitrogens with zero attached hydrogens (tertiary/aromatic N) is 2. The standard InChI is InChI=1S/C8H8N2O/c1-6-7-2-4-9-5-3-8(7)11-10-6/h3-5H,2H2,1H3. The summed E-state index contributed by atoms with van der Waals surface area (Å²) in [6, 6.07) is 0. The predicted octanol–water partition coefficient (Wildman–Crippen LogP) is 1.58. The lowest BCUT2D eigenvalue weighted by Gasteiger charge is -1.88. The summed E-state index contributed by atoms with van der Waals surface area (Å²) in [6.07, 6.45) is 6.22. The smallest absolute Gasteiger partial charge is 0.164 e. The van der Waals surface area contributed by atoms with Gasteiger partial charge in [-0.1, -0.05) is 5.16 Å². The third kappa shape index (κ3) is 0.981. The van der Waals surface area contributed by atoms with Crippen molar-refractivity contribution in [3.05, 3.63) is 23.2 Å². The molecular formula is C8H8N2O. The third-order valence-electron chi connectivity index (χ3n) is 1.73. The van der Waals surface area contributed by atoms with Crippen LogP contribution in [0.2, 0.25) is 0 Å². The Balaban J connectivity index is 2.55. The summed E-state index contributed by atoms with van der Waals surface area (Å²) < 4.78 is 5.05. The van der Waals surface area contributed by atoms with E-state index in [1.165, 1.54) is 0 Å². The van der Waals surface area contributed by atoms with Gasteiger partial charge < -0.3 is 4.52 Å². The largest absolute Gasteiger partial charge is 0.356 e. The summed E-state index contributed by atoms with van der Waals surface area (Å²) in [5, 5.41) is 3.85. The molecule has 0 fully saturated rings. The zero-order valence-electron chi connectivity index (χ0n) is 6.24. The normalized spacial score (nSPS) is 14.6. The van der Waals surface area contributed by atoms with E-state index < -0.39 is 0 Å². The van der Waals surface area contributed by atoms with E-state index in [0.29, 0.717) is 0 Å². The van der Waals surface area contributed by atoms with Crippen LogP contribution in [0.15, 0.2) is 15.7 Å². The molecule has 0 saturated heterocycles. The summed E-state index contributed by atoms with van der Waals surface area (Å²) in [5.41, 5.74) is 2.10. The zero-order chi connectivity index (χ0) is 7.68. The summed E-state index contributed by atoms with van der Waals surface area (Å²) >= 11 is 0. The molecule has 0 aliphatic carbocycles. The fourth-order valence-corrected chi connectivity index (χ4v) is 1.10. The maximum Gasteiger partial charge on any atom is 0.164 e. The first-order valence-electron chi connectivity index (χ1n) is 3.51. The van der Waals surface area contributed by atoms with Crippen molar-refractivity contribution in [1.82, 2.24) is 5.16 Å². The predicted molar refractivity (Wildman–Crippen MR) is 42.5 cm³/mol. The van der Waals surface area contributed by atoms with Crippen LogP contribution in [0, 0.1) is 6.92 Å². The lowest BCUT2D eigenvalue weighted by Crippen LogP contribution is -1.87. The highest BCUT2D eigenvalue weighted by Crippen LogP contribution is 2.16. The Morgan fingerprint density at radius 2 is 2.45 bits per heavy atom. The van der Waals surface area contributed by atoms with E-state index in [9.17, 15) is 0 Å². The molecule has 11 heavy (non-hydrogen) atoms. The van der Waals surface area contributed by atoms with Crippen molar-refractivity contribution in [3.63, 3.8) is 0 Å². The topological polar surface area (TPSA) is 38.4 Å². The lowest BCUT2D eigenvalue weighted by molar-refractivity contribution is 0.407. The molecule has 0 bridgehead atoms. The molecule has 0 aromatic carbocycles. The average Bonchev–Trinajstić information content (AvgIpc) is 2.25. The van der Waals surface area contributed by atoms with Gasteiger partial charge in [0.05, 0.1) is 5.69 Å². The molecule has 0 spiro atoms. The van der Waals surface area contributed by atoms with Crippen LogP contribution in [-0.4, -0.2) is 11.4 Å². The zero-order valence-corrected chi connectivity index (χ0v) is 6.24. The molecule has 0 saturated carbocycles. The van der Waals surface area contributed by atoms with E-state index in [1.807, 2.05) is 19.2 Å². The van der Waals surface area contributed by atoms with Crippen molar-refractivity contribution in [2.24, 2.45) is 4.99 Å². The van der Waals surface area contributed by atoms with Crippen LogP contribution >= 0.6 is 0 Å². The van der Waals surface area contributed by atoms with Crippen LogP contribution in [0.5, 0.6) is 0 Å². The van der Waals surface area contributed by atoms with Crippen LogP contribution < -0.4 is 0 Å². The van der Waals surface area contributed by atoms with Gasteiger partial charge in [0.25, 0.3) is 0 Å². The molecule has 2 rings (SSSR count). The number of aryl methyl sites for hydroxylation is 1. The molecule has 0 N–H and O–H groups in total. The van der Waals surface area contributed by atoms with E-state index in [1.54, 1.807) is 6.20 Å². The molecule has 1 aromatic rings. The Morgan fingerprint density at radius 1 is 1.55 bits per heavy atom. The van der Waals surface area contributed by atoms with Crippen molar-refractivity contribution in [1.29, 1.82) is 0 Å². The monoisotopic (exact) mass is 148 g/mol. The van der Waals surface area contributed by atoms with Crippen molar-refractivity contribution in [2.75, 3.05) is 0 Å². The molecule has 0 radical (unpaired) electrons. The summed E-state index contributed by atoms with van der Waals surface area (Å²) in [5.74, 6) is 0.833. The molecule has 1 aliphatic rings. The van der Waals surface area contributed by atoms with Gasteiger partial charge in [0.1, 0.15) is 0 Å². The van der Waals surface area contributed by atoms with Gasteiger partial charge in [-0.05, 0) is 6.92 Å². The number of fused-ring (bicyclic) bond motifs is 1. The second kappa shape index (κ2) is 2.34. The second-order valence-electron chi connectivity index (χ2n) is 2.46. The van der Waals surface area contributed by atoms with Crippen LogP contribution in [0.4, 0.5) is 0 Å². The third-order valence-corrected chi connectivity index (χ3v) is 1.73. The molecular weight excluding hydrogens is 140 g/mol. The minimum Gasteiger partial charge on any atom is -0.356 e. The van der Waals surface area contributed by atoms with Gasteiger partial charge >= 0.3 is 0 Å². The Kier molecular flexibility index (Phi) is 1.35. The van der Waals surface area contributed by atoms with Crippen LogP contribution in [-0.2, 0) is 6.42 Å². The Hall–Kier alpha value is -1.38. The Labute approximate surface area is 64.4 Å². The van der Waals surface area contributed by atoms with Crippen molar-refractivity contribution in [2.45, 2.75) is 13.3 Å². The maximum absolute atomic E-state index is 5.05. The van der Waals surface area contributed by atoms with Gasteiger partial charge in [0.2, 0.25) is 0 Å². The molecule has 0 unspecified atom stereocenters. The quantitative estimate of drug-likeness (QED) is 0.560. The molecule has 3 nitrogen and oxygen atoms in total. The van der Waals surface area contributed by atoms with Gasteiger partial charge in [-0.15, -0.1) is 0 Å². The first-order valence-corrected chi connectivity index (χ1v) is 3.51. The van der Waals surface area contributed by atoms with Gasteiger partial charge in [0.15, 0.2) is 5.76 Å². The highest BCUT2D eigenvalue weighted by molar-refractivity contribution is 5.68. The van der Waals surface area contributed by atoms with Crippen molar-refractivity contribution >= 4 is 12.3 Å². The first-order chi connectivity index (χ1) is 5.38. The second-order valence-corrected chi connectivity index (χ2v) is 2.46. The molecule has 3 heteroatoms. The fourth-order valence-electron chi connectivity index (χ4n) is 1.10. The van der Waals surface area contributed by atoms with Crippen LogP contribution in [0.25, 0.3) is 6.08 Å². The van der Waals surface area contributed by atoms with Crippen LogP contribution in [0.3, 0.4) is 0 Å².